The zero-order chi connectivity index (χ0) is 20.8. The first-order valence-electron chi connectivity index (χ1n) is 9.48. The molecule has 0 aliphatic carbocycles. The predicted octanol–water partition coefficient (Wildman–Crippen LogP) is 4.07. The van der Waals surface area contributed by atoms with Gasteiger partial charge in [-0.2, -0.15) is 0 Å². The number of ketones is 1. The molecule has 2 aromatic carbocycles. The number of para-hydroxylation sites is 1. The van der Waals surface area contributed by atoms with Crippen molar-refractivity contribution in [2.75, 3.05) is 19.8 Å². The SMILES string of the molecule is O=C(COC(=O)c1cccnc1Oc1ccccc1)c1ccc2c(c1)OCCCO2. The first kappa shape index (κ1) is 19.4. The Kier molecular flexibility index (Phi) is 5.89. The number of hydrogen-bond acceptors (Lipinski definition) is 7. The smallest absolute Gasteiger partial charge is 0.344 e. The van der Waals surface area contributed by atoms with Crippen LogP contribution in [0.1, 0.15) is 27.1 Å². The van der Waals surface area contributed by atoms with E-state index in [2.05, 4.69) is 4.98 Å². The first-order chi connectivity index (χ1) is 14.7. The van der Waals surface area contributed by atoms with Crippen LogP contribution in [0.15, 0.2) is 66.9 Å². The highest BCUT2D eigenvalue weighted by atomic mass is 16.5. The fraction of sp³-hybridized carbons (Fsp3) is 0.174. The lowest BCUT2D eigenvalue weighted by Gasteiger charge is -2.11. The van der Waals surface area contributed by atoms with Crippen LogP contribution in [0.4, 0.5) is 0 Å². The van der Waals surface area contributed by atoms with Gasteiger partial charge in [-0.3, -0.25) is 4.79 Å². The van der Waals surface area contributed by atoms with Crippen molar-refractivity contribution in [3.05, 3.63) is 78.0 Å². The average Bonchev–Trinajstić information content (AvgIpc) is 3.03. The molecule has 7 nitrogen and oxygen atoms in total. The molecule has 30 heavy (non-hydrogen) atoms. The standard InChI is InChI=1S/C23H19NO6/c25-19(16-9-10-20-21(14-16)28-13-5-12-27-20)15-29-23(26)18-8-4-11-24-22(18)30-17-6-2-1-3-7-17/h1-4,6-11,14H,5,12-13,15H2. The van der Waals surface area contributed by atoms with Crippen LogP contribution in [0.2, 0.25) is 0 Å². The Morgan fingerprint density at radius 1 is 0.933 bits per heavy atom. The molecule has 0 amide bonds. The van der Waals surface area contributed by atoms with Gasteiger partial charge < -0.3 is 18.9 Å². The van der Waals surface area contributed by atoms with Crippen LogP contribution in [-0.4, -0.2) is 36.6 Å². The van der Waals surface area contributed by atoms with Crippen LogP contribution >= 0.6 is 0 Å². The molecule has 0 atom stereocenters. The van der Waals surface area contributed by atoms with Crippen molar-refractivity contribution in [2.45, 2.75) is 6.42 Å². The molecule has 2 heterocycles. The number of pyridine rings is 1. The molecule has 1 aliphatic heterocycles. The monoisotopic (exact) mass is 405 g/mol. The Labute approximate surface area is 173 Å². The van der Waals surface area contributed by atoms with Gasteiger partial charge in [0.2, 0.25) is 5.88 Å². The van der Waals surface area contributed by atoms with Crippen molar-refractivity contribution in [3.8, 4) is 23.1 Å². The summed E-state index contributed by atoms with van der Waals surface area (Å²) in [5, 5.41) is 0. The first-order valence-corrected chi connectivity index (χ1v) is 9.48. The van der Waals surface area contributed by atoms with E-state index in [1.807, 2.05) is 18.2 Å². The molecule has 152 valence electrons. The number of benzene rings is 2. The molecule has 3 aromatic rings. The highest BCUT2D eigenvalue weighted by Crippen LogP contribution is 2.30. The normalized spacial score (nSPS) is 12.5. The van der Waals surface area contributed by atoms with Crippen molar-refractivity contribution in [1.82, 2.24) is 4.98 Å². The molecule has 7 heteroatoms. The number of aromatic nitrogens is 1. The molecule has 0 radical (unpaired) electrons. The lowest BCUT2D eigenvalue weighted by molar-refractivity contribution is 0.0471. The van der Waals surface area contributed by atoms with Crippen LogP contribution < -0.4 is 14.2 Å². The van der Waals surface area contributed by atoms with Crippen molar-refractivity contribution >= 4 is 11.8 Å². The van der Waals surface area contributed by atoms with Gasteiger partial charge in [-0.1, -0.05) is 18.2 Å². The summed E-state index contributed by atoms with van der Waals surface area (Å²) in [6.45, 7) is 0.666. The molecule has 0 fully saturated rings. The van der Waals surface area contributed by atoms with Gasteiger partial charge >= 0.3 is 5.97 Å². The van der Waals surface area contributed by atoms with Gasteiger partial charge in [0.1, 0.15) is 11.3 Å². The predicted molar refractivity (Wildman–Crippen MR) is 107 cm³/mol. The lowest BCUT2D eigenvalue weighted by atomic mass is 10.1. The maximum atomic E-state index is 12.5. The van der Waals surface area contributed by atoms with Crippen molar-refractivity contribution in [3.63, 3.8) is 0 Å². The fourth-order valence-corrected chi connectivity index (χ4v) is 2.86. The van der Waals surface area contributed by atoms with Gasteiger partial charge in [0.05, 0.1) is 13.2 Å². The Hall–Kier alpha value is -3.87. The van der Waals surface area contributed by atoms with Gasteiger partial charge in [0.15, 0.2) is 23.9 Å². The quantitative estimate of drug-likeness (QED) is 0.451. The third-order valence-corrected chi connectivity index (χ3v) is 4.35. The number of hydrogen-bond donors (Lipinski definition) is 0. The highest BCUT2D eigenvalue weighted by Gasteiger charge is 2.19. The van der Waals surface area contributed by atoms with E-state index in [1.165, 1.54) is 12.3 Å². The van der Waals surface area contributed by atoms with E-state index in [9.17, 15) is 9.59 Å². The summed E-state index contributed by atoms with van der Waals surface area (Å²) in [7, 11) is 0. The third-order valence-electron chi connectivity index (χ3n) is 4.35. The molecular weight excluding hydrogens is 386 g/mol. The summed E-state index contributed by atoms with van der Waals surface area (Å²) in [6.07, 6.45) is 2.28. The number of ether oxygens (including phenoxy) is 4. The van der Waals surface area contributed by atoms with Crippen LogP contribution in [0.5, 0.6) is 23.1 Å². The number of nitrogens with zero attached hydrogens (tertiary/aromatic N) is 1. The number of rotatable bonds is 6. The summed E-state index contributed by atoms with van der Waals surface area (Å²) in [6, 6.07) is 17.0. The van der Waals surface area contributed by atoms with Gasteiger partial charge in [-0.25, -0.2) is 9.78 Å². The summed E-state index contributed by atoms with van der Waals surface area (Å²) in [5.74, 6) is 0.699. The second-order valence-corrected chi connectivity index (χ2v) is 6.48. The van der Waals surface area contributed by atoms with Crippen LogP contribution in [0.25, 0.3) is 0 Å². The second kappa shape index (κ2) is 9.09. The minimum Gasteiger partial charge on any atom is -0.490 e. The molecule has 1 aliphatic rings. The minimum atomic E-state index is -0.697. The Balaban J connectivity index is 1.43. The highest BCUT2D eigenvalue weighted by molar-refractivity contribution is 6.00. The van der Waals surface area contributed by atoms with Gasteiger partial charge in [-0.05, 0) is 42.5 Å². The maximum Gasteiger partial charge on any atom is 0.344 e. The van der Waals surface area contributed by atoms with Crippen LogP contribution in [-0.2, 0) is 4.74 Å². The van der Waals surface area contributed by atoms with Gasteiger partial charge in [-0.15, -0.1) is 0 Å². The fourth-order valence-electron chi connectivity index (χ4n) is 2.86. The molecule has 0 N–H and O–H groups in total. The molecule has 0 saturated carbocycles. The minimum absolute atomic E-state index is 0.108. The van der Waals surface area contributed by atoms with Crippen molar-refractivity contribution < 1.29 is 28.5 Å². The lowest BCUT2D eigenvalue weighted by Crippen LogP contribution is -2.15. The Morgan fingerprint density at radius 3 is 2.57 bits per heavy atom. The van der Waals surface area contributed by atoms with Crippen molar-refractivity contribution in [2.24, 2.45) is 0 Å². The molecule has 0 spiro atoms. The van der Waals surface area contributed by atoms with Gasteiger partial charge in [0, 0.05) is 18.2 Å². The Morgan fingerprint density at radius 2 is 1.73 bits per heavy atom. The van der Waals surface area contributed by atoms with E-state index in [0.717, 1.165) is 6.42 Å². The molecule has 0 bridgehead atoms. The van der Waals surface area contributed by atoms with E-state index in [-0.39, 0.29) is 17.2 Å². The summed E-state index contributed by atoms with van der Waals surface area (Å²) >= 11 is 0. The van der Waals surface area contributed by atoms with E-state index in [0.29, 0.717) is 36.0 Å². The van der Waals surface area contributed by atoms with E-state index in [4.69, 9.17) is 18.9 Å². The van der Waals surface area contributed by atoms with Crippen LogP contribution in [0.3, 0.4) is 0 Å². The Bertz CT molecular complexity index is 1050. The number of carbonyl (C=O) groups is 2. The number of carbonyl (C=O) groups excluding carboxylic acids is 2. The maximum absolute atomic E-state index is 12.5. The molecule has 0 saturated heterocycles. The summed E-state index contributed by atoms with van der Waals surface area (Å²) < 4.78 is 22.0. The second-order valence-electron chi connectivity index (χ2n) is 6.48. The average molecular weight is 405 g/mol. The summed E-state index contributed by atoms with van der Waals surface area (Å²) in [5.41, 5.74) is 0.506. The molecule has 1 aromatic heterocycles. The number of esters is 1. The van der Waals surface area contributed by atoms with E-state index in [1.54, 1.807) is 36.4 Å². The molecular formula is C23H19NO6. The zero-order valence-electron chi connectivity index (χ0n) is 16.1. The molecule has 0 unspecified atom stereocenters. The number of fused-ring (bicyclic) bond motifs is 1. The zero-order valence-corrected chi connectivity index (χ0v) is 16.1. The largest absolute Gasteiger partial charge is 0.490 e. The van der Waals surface area contributed by atoms with E-state index >= 15 is 0 Å². The topological polar surface area (TPSA) is 84.0 Å². The summed E-state index contributed by atoms with van der Waals surface area (Å²) in [4.78, 5) is 29.1. The number of Topliss-reactive ketones (excluding diaryl/α,β-unsaturated/α-hetero) is 1. The van der Waals surface area contributed by atoms with Crippen LogP contribution in [0, 0.1) is 0 Å². The van der Waals surface area contributed by atoms with Gasteiger partial charge in [0.25, 0.3) is 0 Å². The van der Waals surface area contributed by atoms with E-state index < -0.39 is 12.6 Å². The van der Waals surface area contributed by atoms with Crippen molar-refractivity contribution in [1.29, 1.82) is 0 Å². The molecule has 4 rings (SSSR count). The third kappa shape index (κ3) is 4.57.